The lowest BCUT2D eigenvalue weighted by molar-refractivity contribution is 0.0703. The van der Waals surface area contributed by atoms with Crippen molar-refractivity contribution in [3.05, 3.63) is 76.3 Å². The van der Waals surface area contributed by atoms with Crippen molar-refractivity contribution in [3.8, 4) is 5.75 Å². The number of fused-ring (bicyclic) bond motifs is 1. The van der Waals surface area contributed by atoms with Gasteiger partial charge < -0.3 is 24.8 Å². The van der Waals surface area contributed by atoms with Crippen molar-refractivity contribution in [2.75, 3.05) is 31.5 Å². The van der Waals surface area contributed by atoms with Gasteiger partial charge in [-0.05, 0) is 87.2 Å². The van der Waals surface area contributed by atoms with Crippen LogP contribution in [0.4, 0.5) is 15.9 Å². The molecule has 0 saturated carbocycles. The van der Waals surface area contributed by atoms with Crippen molar-refractivity contribution in [2.45, 2.75) is 45.3 Å². The molecule has 0 aliphatic carbocycles. The maximum absolute atomic E-state index is 13.7. The third-order valence-electron chi connectivity index (χ3n) is 7.86. The largest absolute Gasteiger partial charge is 0.487 e. The second-order valence-corrected chi connectivity index (χ2v) is 11.0. The predicted molar refractivity (Wildman–Crippen MR) is 154 cm³/mol. The molecule has 2 aromatic heterocycles. The minimum Gasteiger partial charge on any atom is -0.487 e. The van der Waals surface area contributed by atoms with E-state index in [1.807, 2.05) is 17.9 Å². The van der Waals surface area contributed by atoms with Gasteiger partial charge in [-0.15, -0.1) is 5.10 Å². The van der Waals surface area contributed by atoms with Crippen molar-refractivity contribution in [3.63, 3.8) is 0 Å². The normalized spacial score (nSPS) is 17.6. The fraction of sp³-hybridized carbons (Fsp3) is 0.367. The topological polar surface area (TPSA) is 86.4 Å². The van der Waals surface area contributed by atoms with Crippen LogP contribution in [0.2, 0.25) is 5.02 Å². The highest BCUT2D eigenvalue weighted by molar-refractivity contribution is 6.32. The zero-order valence-corrected chi connectivity index (χ0v) is 23.2. The van der Waals surface area contributed by atoms with Crippen LogP contribution in [-0.4, -0.2) is 63.1 Å². The number of hydrogen-bond donors (Lipinski definition) is 2. The molecule has 2 aliphatic heterocycles. The minimum absolute atomic E-state index is 0.0317. The first-order valence-electron chi connectivity index (χ1n) is 13.8. The lowest BCUT2D eigenvalue weighted by atomic mass is 10.1. The Kier molecular flexibility index (Phi) is 7.58. The SMILES string of the molecule is Cc1c(C(=O)N2CCCC2CN2CCCC2)[nH]c2cnnc(Nc3ccc(OCc4cccc(F)c4)c(Cl)c3)c12. The van der Waals surface area contributed by atoms with E-state index >= 15 is 0 Å². The van der Waals surface area contributed by atoms with Crippen LogP contribution in [0, 0.1) is 12.7 Å². The molecule has 2 aromatic carbocycles. The van der Waals surface area contributed by atoms with Crippen molar-refractivity contribution in [2.24, 2.45) is 0 Å². The number of anilines is 2. The summed E-state index contributed by atoms with van der Waals surface area (Å²) in [5.74, 6) is 0.740. The van der Waals surface area contributed by atoms with Crippen LogP contribution in [0.1, 0.15) is 47.3 Å². The smallest absolute Gasteiger partial charge is 0.270 e. The van der Waals surface area contributed by atoms with Gasteiger partial charge in [-0.2, -0.15) is 5.10 Å². The number of hydrogen-bond acceptors (Lipinski definition) is 6. The number of rotatable bonds is 8. The molecule has 0 radical (unpaired) electrons. The number of halogens is 2. The maximum atomic E-state index is 13.7. The molecule has 0 spiro atoms. The molecule has 1 amide bonds. The van der Waals surface area contributed by atoms with Gasteiger partial charge >= 0.3 is 0 Å². The van der Waals surface area contributed by atoms with Gasteiger partial charge in [0.25, 0.3) is 5.91 Å². The molecule has 8 nitrogen and oxygen atoms in total. The Morgan fingerprint density at radius 2 is 2.02 bits per heavy atom. The van der Waals surface area contributed by atoms with Crippen molar-refractivity contribution < 1.29 is 13.9 Å². The van der Waals surface area contributed by atoms with E-state index in [0.29, 0.717) is 33.5 Å². The molecule has 6 rings (SSSR count). The summed E-state index contributed by atoms with van der Waals surface area (Å²) in [6, 6.07) is 11.8. The van der Waals surface area contributed by atoms with E-state index in [1.54, 1.807) is 30.5 Å². The predicted octanol–water partition coefficient (Wildman–Crippen LogP) is 6.08. The quantitative estimate of drug-likeness (QED) is 0.271. The summed E-state index contributed by atoms with van der Waals surface area (Å²) >= 11 is 6.50. The monoisotopic (exact) mass is 562 g/mol. The molecule has 2 fully saturated rings. The number of carbonyl (C=O) groups excluding carboxylic acids is 1. The van der Waals surface area contributed by atoms with E-state index in [9.17, 15) is 9.18 Å². The third kappa shape index (κ3) is 5.48. The maximum Gasteiger partial charge on any atom is 0.270 e. The van der Waals surface area contributed by atoms with Crippen LogP contribution in [0.5, 0.6) is 5.75 Å². The minimum atomic E-state index is -0.311. The molecular weight excluding hydrogens is 531 g/mol. The van der Waals surface area contributed by atoms with E-state index in [2.05, 4.69) is 25.4 Å². The molecule has 40 heavy (non-hydrogen) atoms. The number of likely N-dealkylation sites (tertiary alicyclic amines) is 2. The number of amides is 1. The van der Waals surface area contributed by atoms with Gasteiger partial charge in [-0.25, -0.2) is 4.39 Å². The molecule has 10 heteroatoms. The first kappa shape index (κ1) is 26.5. The zero-order chi connectivity index (χ0) is 27.6. The van der Waals surface area contributed by atoms with E-state index in [0.717, 1.165) is 55.5 Å². The fourth-order valence-corrected chi connectivity index (χ4v) is 6.07. The highest BCUT2D eigenvalue weighted by atomic mass is 35.5. The van der Waals surface area contributed by atoms with Gasteiger partial charge in [0.15, 0.2) is 5.82 Å². The lowest BCUT2D eigenvalue weighted by Crippen LogP contribution is -2.42. The number of benzene rings is 2. The molecule has 4 aromatic rings. The van der Waals surface area contributed by atoms with E-state index < -0.39 is 0 Å². The average molecular weight is 563 g/mol. The van der Waals surface area contributed by atoms with Gasteiger partial charge in [0.05, 0.1) is 16.7 Å². The van der Waals surface area contributed by atoms with E-state index in [-0.39, 0.29) is 24.4 Å². The third-order valence-corrected chi connectivity index (χ3v) is 8.15. The average Bonchev–Trinajstić information content (AvgIpc) is 3.70. The number of aromatic nitrogens is 3. The van der Waals surface area contributed by atoms with E-state index in [1.165, 1.54) is 25.0 Å². The van der Waals surface area contributed by atoms with Gasteiger partial charge in [0.2, 0.25) is 0 Å². The summed E-state index contributed by atoms with van der Waals surface area (Å²) in [6.45, 7) is 6.12. The number of aryl methyl sites for hydroxylation is 1. The molecular formula is C30H32ClFN6O2. The highest BCUT2D eigenvalue weighted by Gasteiger charge is 2.33. The summed E-state index contributed by atoms with van der Waals surface area (Å²) in [5, 5.41) is 13.0. The van der Waals surface area contributed by atoms with Crippen LogP contribution < -0.4 is 10.1 Å². The van der Waals surface area contributed by atoms with E-state index in [4.69, 9.17) is 16.3 Å². The highest BCUT2D eigenvalue weighted by Crippen LogP contribution is 2.34. The number of ether oxygens (including phenoxy) is 1. The molecule has 0 bridgehead atoms. The van der Waals surface area contributed by atoms with Gasteiger partial charge in [0.1, 0.15) is 23.9 Å². The van der Waals surface area contributed by atoms with Crippen molar-refractivity contribution in [1.29, 1.82) is 0 Å². The summed E-state index contributed by atoms with van der Waals surface area (Å²) in [4.78, 5) is 21.5. The first-order chi connectivity index (χ1) is 19.5. The summed E-state index contributed by atoms with van der Waals surface area (Å²) in [6.07, 6.45) is 6.20. The summed E-state index contributed by atoms with van der Waals surface area (Å²) < 4.78 is 19.3. The van der Waals surface area contributed by atoms with Gasteiger partial charge in [0, 0.05) is 30.2 Å². The lowest BCUT2D eigenvalue weighted by Gasteiger charge is -2.28. The van der Waals surface area contributed by atoms with Gasteiger partial charge in [-0.3, -0.25) is 4.79 Å². The van der Waals surface area contributed by atoms with Crippen LogP contribution in [0.25, 0.3) is 10.9 Å². The first-order valence-corrected chi connectivity index (χ1v) is 14.1. The van der Waals surface area contributed by atoms with Crippen LogP contribution >= 0.6 is 11.6 Å². The van der Waals surface area contributed by atoms with Crippen molar-refractivity contribution >= 4 is 39.9 Å². The number of H-pyrrole nitrogens is 1. The molecule has 2 N–H and O–H groups in total. The Hall–Kier alpha value is -3.69. The Labute approximate surface area is 237 Å². The Morgan fingerprint density at radius 1 is 1.18 bits per heavy atom. The standard InChI is InChI=1S/C30H32ClFN6O2/c1-19-27-25(35-28(19)30(39)38-13-5-8-23(38)17-37-11-2-3-12-37)16-33-36-29(27)34-22-9-10-26(24(31)15-22)40-18-20-6-4-7-21(32)14-20/h4,6-7,9-10,14-16,23,35H,2-3,5,8,11-13,17-18H2,1H3,(H,34,36). The summed E-state index contributed by atoms with van der Waals surface area (Å²) in [5.41, 5.74) is 3.58. The number of nitrogens with zero attached hydrogens (tertiary/aromatic N) is 4. The van der Waals surface area contributed by atoms with Crippen LogP contribution in [-0.2, 0) is 6.61 Å². The van der Waals surface area contributed by atoms with Crippen molar-refractivity contribution in [1.82, 2.24) is 25.0 Å². The van der Waals surface area contributed by atoms with Crippen LogP contribution in [0.3, 0.4) is 0 Å². The van der Waals surface area contributed by atoms with Crippen LogP contribution in [0.15, 0.2) is 48.7 Å². The molecule has 2 saturated heterocycles. The Bertz CT molecular complexity index is 1540. The zero-order valence-electron chi connectivity index (χ0n) is 22.4. The molecule has 208 valence electrons. The molecule has 2 aliphatic rings. The molecule has 1 unspecified atom stereocenters. The second-order valence-electron chi connectivity index (χ2n) is 10.6. The van der Waals surface area contributed by atoms with Gasteiger partial charge in [-0.1, -0.05) is 23.7 Å². The fourth-order valence-electron chi connectivity index (χ4n) is 5.84. The Balaban J connectivity index is 1.19. The summed E-state index contributed by atoms with van der Waals surface area (Å²) in [7, 11) is 0. The molecule has 1 atom stereocenters. The number of nitrogens with one attached hydrogen (secondary N) is 2. The number of aromatic amines is 1. The second kappa shape index (κ2) is 11.4. The Morgan fingerprint density at radius 3 is 2.83 bits per heavy atom. The number of carbonyl (C=O) groups is 1. The molecule has 4 heterocycles.